The third-order valence-corrected chi connectivity index (χ3v) is 7.40. The Bertz CT molecular complexity index is 1510. The SMILES string of the molecule is COc1cc(C(=O)NCC(O)(c2cc3c(c(-c4ccc(F)c(Cl)c4)n2)OCC3(C)C)C(F)(F)F)ccc1OC1CC1. The molecule has 1 aliphatic carbocycles. The second kappa shape index (κ2) is 10.4. The summed E-state index contributed by atoms with van der Waals surface area (Å²) in [5.41, 5.74) is -4.56. The van der Waals surface area contributed by atoms with Crippen LogP contribution in [0.1, 0.15) is 48.3 Å². The van der Waals surface area contributed by atoms with Crippen molar-refractivity contribution in [1.29, 1.82) is 0 Å². The Kier molecular flexibility index (Phi) is 7.31. The van der Waals surface area contributed by atoms with Crippen molar-refractivity contribution in [1.82, 2.24) is 10.3 Å². The second-order valence-electron chi connectivity index (χ2n) is 10.8. The lowest BCUT2D eigenvalue weighted by Gasteiger charge is -2.31. The Morgan fingerprint density at radius 2 is 1.90 bits per heavy atom. The van der Waals surface area contributed by atoms with Crippen molar-refractivity contribution >= 4 is 17.5 Å². The zero-order chi connectivity index (χ0) is 29.7. The number of hydrogen-bond acceptors (Lipinski definition) is 6. The number of amides is 1. The van der Waals surface area contributed by atoms with Crippen LogP contribution in [0.2, 0.25) is 5.02 Å². The van der Waals surface area contributed by atoms with Gasteiger partial charge in [-0.2, -0.15) is 13.2 Å². The van der Waals surface area contributed by atoms with Gasteiger partial charge in [-0.15, -0.1) is 0 Å². The summed E-state index contributed by atoms with van der Waals surface area (Å²) in [7, 11) is 1.38. The van der Waals surface area contributed by atoms with Gasteiger partial charge in [0.15, 0.2) is 11.5 Å². The molecule has 1 amide bonds. The van der Waals surface area contributed by atoms with E-state index in [9.17, 15) is 27.5 Å². The second-order valence-corrected chi connectivity index (χ2v) is 11.2. The van der Waals surface area contributed by atoms with E-state index in [0.29, 0.717) is 11.3 Å². The van der Waals surface area contributed by atoms with E-state index in [1.165, 1.54) is 37.4 Å². The number of alkyl halides is 3. The number of ether oxygens (including phenoxy) is 3. The number of aromatic nitrogens is 1. The number of aliphatic hydroxyl groups is 1. The fourth-order valence-corrected chi connectivity index (χ4v) is 4.66. The van der Waals surface area contributed by atoms with Gasteiger partial charge in [-0.05, 0) is 55.3 Å². The minimum Gasteiger partial charge on any atom is -0.493 e. The van der Waals surface area contributed by atoms with E-state index >= 15 is 0 Å². The topological polar surface area (TPSA) is 89.9 Å². The van der Waals surface area contributed by atoms with Crippen LogP contribution in [0.25, 0.3) is 11.3 Å². The molecule has 1 aliphatic heterocycles. The van der Waals surface area contributed by atoms with E-state index in [2.05, 4.69) is 10.3 Å². The first kappa shape index (κ1) is 28.9. The Balaban J connectivity index is 1.51. The zero-order valence-electron chi connectivity index (χ0n) is 22.4. The monoisotopic (exact) mass is 594 g/mol. The molecule has 0 spiro atoms. The van der Waals surface area contributed by atoms with Crippen molar-refractivity contribution in [3.63, 3.8) is 0 Å². The van der Waals surface area contributed by atoms with Gasteiger partial charge in [0.05, 0.1) is 37.1 Å². The molecule has 3 aromatic rings. The average molecular weight is 595 g/mol. The molecule has 0 saturated heterocycles. The summed E-state index contributed by atoms with van der Waals surface area (Å²) in [5, 5.41) is 13.1. The van der Waals surface area contributed by atoms with Crippen molar-refractivity contribution in [2.45, 2.75) is 50.0 Å². The summed E-state index contributed by atoms with van der Waals surface area (Å²) >= 11 is 5.94. The van der Waals surface area contributed by atoms with Gasteiger partial charge in [-0.3, -0.25) is 4.79 Å². The summed E-state index contributed by atoms with van der Waals surface area (Å²) in [6.07, 6.45) is -3.38. The normalized spacial score (nSPS) is 17.3. The molecule has 2 aromatic carbocycles. The van der Waals surface area contributed by atoms with Crippen molar-refractivity contribution in [3.8, 4) is 28.5 Å². The van der Waals surface area contributed by atoms with Crippen molar-refractivity contribution in [3.05, 3.63) is 70.1 Å². The Morgan fingerprint density at radius 3 is 2.54 bits per heavy atom. The minimum absolute atomic E-state index is 0.00705. The summed E-state index contributed by atoms with van der Waals surface area (Å²) in [6, 6.07) is 8.96. The van der Waals surface area contributed by atoms with Crippen LogP contribution in [0.15, 0.2) is 42.5 Å². The molecular weight excluding hydrogens is 568 g/mol. The third-order valence-electron chi connectivity index (χ3n) is 7.11. The number of benzene rings is 2. The molecule has 0 bridgehead atoms. The number of halogens is 5. The Hall–Kier alpha value is -3.57. The molecule has 218 valence electrons. The molecule has 1 fully saturated rings. The van der Waals surface area contributed by atoms with E-state index in [1.54, 1.807) is 13.8 Å². The standard InChI is InChI=1S/C29H27ClF4N2O5/c1-27(2)14-40-25-18(27)12-23(36-24(25)15-4-8-20(31)19(30)10-15)28(38,29(32,33)34)13-35-26(37)16-5-9-21(22(11-16)39-3)41-17-6-7-17/h4-5,8-12,17,38H,6-7,13-14H2,1-3H3,(H,35,37). The highest BCUT2D eigenvalue weighted by atomic mass is 35.5. The van der Waals surface area contributed by atoms with Gasteiger partial charge in [0, 0.05) is 22.1 Å². The van der Waals surface area contributed by atoms with Crippen molar-refractivity contribution < 1.29 is 41.7 Å². The van der Waals surface area contributed by atoms with Crippen LogP contribution in [0, 0.1) is 5.82 Å². The lowest BCUT2D eigenvalue weighted by molar-refractivity contribution is -0.265. The maximum Gasteiger partial charge on any atom is 0.424 e. The number of carbonyl (C=O) groups is 1. The summed E-state index contributed by atoms with van der Waals surface area (Å²) < 4.78 is 74.3. The molecule has 2 heterocycles. The van der Waals surface area contributed by atoms with Gasteiger partial charge >= 0.3 is 6.18 Å². The molecule has 5 rings (SSSR count). The first-order valence-electron chi connectivity index (χ1n) is 12.8. The van der Waals surface area contributed by atoms with Crippen molar-refractivity contribution in [2.24, 2.45) is 0 Å². The van der Waals surface area contributed by atoms with Gasteiger partial charge in [-0.25, -0.2) is 9.37 Å². The summed E-state index contributed by atoms with van der Waals surface area (Å²) in [5.74, 6) is -0.725. The van der Waals surface area contributed by atoms with Crippen molar-refractivity contribution in [2.75, 3.05) is 20.3 Å². The number of methoxy groups -OCH3 is 1. The van der Waals surface area contributed by atoms with Crippen LogP contribution in [0.3, 0.4) is 0 Å². The van der Waals surface area contributed by atoms with Crippen LogP contribution in [0.4, 0.5) is 17.6 Å². The molecule has 1 unspecified atom stereocenters. The van der Waals surface area contributed by atoms with E-state index in [-0.39, 0.29) is 46.1 Å². The molecule has 7 nitrogen and oxygen atoms in total. The minimum atomic E-state index is -5.25. The number of nitrogens with one attached hydrogen (secondary N) is 1. The van der Waals surface area contributed by atoms with E-state index < -0.39 is 41.2 Å². The third kappa shape index (κ3) is 5.52. The molecule has 0 radical (unpaired) electrons. The molecule has 1 aromatic heterocycles. The fraction of sp³-hybridized carbons (Fsp3) is 0.379. The van der Waals surface area contributed by atoms with Crippen LogP contribution < -0.4 is 19.5 Å². The van der Waals surface area contributed by atoms with Crippen LogP contribution in [-0.4, -0.2) is 48.5 Å². The smallest absolute Gasteiger partial charge is 0.424 e. The zero-order valence-corrected chi connectivity index (χ0v) is 23.1. The lowest BCUT2D eigenvalue weighted by Crippen LogP contribution is -2.51. The quantitative estimate of drug-likeness (QED) is 0.314. The highest BCUT2D eigenvalue weighted by Gasteiger charge is 2.57. The van der Waals surface area contributed by atoms with Crippen LogP contribution >= 0.6 is 11.6 Å². The predicted octanol–water partition coefficient (Wildman–Crippen LogP) is 5.94. The van der Waals surface area contributed by atoms with Crippen LogP contribution in [-0.2, 0) is 11.0 Å². The molecule has 1 atom stereocenters. The van der Waals surface area contributed by atoms with E-state index in [0.717, 1.165) is 25.0 Å². The molecule has 1 saturated carbocycles. The summed E-state index contributed by atoms with van der Waals surface area (Å²) in [6.45, 7) is 2.43. The first-order valence-corrected chi connectivity index (χ1v) is 13.2. The van der Waals surface area contributed by atoms with E-state index in [4.69, 9.17) is 25.8 Å². The number of hydrogen-bond donors (Lipinski definition) is 2. The number of nitrogens with zero attached hydrogens (tertiary/aromatic N) is 1. The molecular formula is C29H27ClF4N2O5. The Labute approximate surface area is 238 Å². The maximum absolute atomic E-state index is 14.6. The molecule has 41 heavy (non-hydrogen) atoms. The van der Waals surface area contributed by atoms with E-state index in [1.807, 2.05) is 0 Å². The predicted molar refractivity (Wildman–Crippen MR) is 142 cm³/mol. The molecule has 2 N–H and O–H groups in total. The largest absolute Gasteiger partial charge is 0.493 e. The van der Waals surface area contributed by atoms with Gasteiger partial charge in [-0.1, -0.05) is 25.4 Å². The number of pyridine rings is 1. The summed E-state index contributed by atoms with van der Waals surface area (Å²) in [4.78, 5) is 17.1. The molecule has 12 heteroatoms. The van der Waals surface area contributed by atoms with Gasteiger partial charge in [0.1, 0.15) is 17.3 Å². The number of carbonyl (C=O) groups excluding carboxylic acids is 1. The highest BCUT2D eigenvalue weighted by Crippen LogP contribution is 2.48. The fourth-order valence-electron chi connectivity index (χ4n) is 4.48. The first-order chi connectivity index (χ1) is 19.2. The van der Waals surface area contributed by atoms with Gasteiger partial charge < -0.3 is 24.6 Å². The molecule has 2 aliphatic rings. The highest BCUT2D eigenvalue weighted by molar-refractivity contribution is 6.31. The van der Waals surface area contributed by atoms with Gasteiger partial charge in [0.25, 0.3) is 5.91 Å². The lowest BCUT2D eigenvalue weighted by atomic mass is 9.84. The number of fused-ring (bicyclic) bond motifs is 1. The Morgan fingerprint density at radius 1 is 1.17 bits per heavy atom. The van der Waals surface area contributed by atoms with Gasteiger partial charge in [0.2, 0.25) is 5.60 Å². The van der Waals surface area contributed by atoms with Crippen LogP contribution in [0.5, 0.6) is 17.2 Å². The average Bonchev–Trinajstić information content (AvgIpc) is 3.69. The maximum atomic E-state index is 14.6. The number of rotatable bonds is 8.